The van der Waals surface area contributed by atoms with Gasteiger partial charge in [-0.1, -0.05) is 109 Å². The summed E-state index contributed by atoms with van der Waals surface area (Å²) >= 11 is 0. The molecule has 0 saturated heterocycles. The lowest BCUT2D eigenvalue weighted by Gasteiger charge is -2.18. The van der Waals surface area contributed by atoms with Crippen LogP contribution in [0.4, 0.5) is 0 Å². The lowest BCUT2D eigenvalue weighted by Crippen LogP contribution is -2.02. The first-order valence-corrected chi connectivity index (χ1v) is 17.1. The molecule has 0 saturated carbocycles. The maximum Gasteiger partial charge on any atom is 0.0541 e. The van der Waals surface area contributed by atoms with E-state index >= 15 is 0 Å². The molecule has 2 aliphatic carbocycles. The predicted octanol–water partition coefficient (Wildman–Crippen LogP) is 12.1. The van der Waals surface area contributed by atoms with Crippen LogP contribution in [0.2, 0.25) is 0 Å². The summed E-state index contributed by atoms with van der Waals surface area (Å²) in [7, 11) is 0. The maximum absolute atomic E-state index is 2.44. The molecule has 6 aromatic carbocycles. The molecular weight excluding hydrogens is 581 g/mol. The van der Waals surface area contributed by atoms with E-state index in [1.54, 1.807) is 0 Å². The number of hydrogen-bond acceptors (Lipinski definition) is 0. The lowest BCUT2D eigenvalue weighted by molar-refractivity contribution is 0.850. The molecule has 48 heavy (non-hydrogen) atoms. The van der Waals surface area contributed by atoms with Gasteiger partial charge in [0, 0.05) is 38.8 Å². The fourth-order valence-corrected chi connectivity index (χ4v) is 8.14. The van der Waals surface area contributed by atoms with Gasteiger partial charge in [0.1, 0.15) is 0 Å². The molecule has 0 N–H and O–H groups in total. The fourth-order valence-electron chi connectivity index (χ4n) is 8.14. The highest BCUT2D eigenvalue weighted by molar-refractivity contribution is 6.13. The van der Waals surface area contributed by atoms with E-state index in [-0.39, 0.29) is 0 Å². The first-order chi connectivity index (χ1) is 23.8. The summed E-state index contributed by atoms with van der Waals surface area (Å²) in [5.41, 5.74) is 14.1. The van der Waals surface area contributed by atoms with Crippen LogP contribution in [0.5, 0.6) is 0 Å². The summed E-state index contributed by atoms with van der Waals surface area (Å²) in [6.07, 6.45) is 14.9. The van der Waals surface area contributed by atoms with E-state index in [2.05, 4.69) is 173 Å². The third-order valence-corrected chi connectivity index (χ3v) is 10.5. The molecule has 1 unspecified atom stereocenters. The molecule has 0 radical (unpaired) electrons. The largest absolute Gasteiger partial charge is 0.310 e. The van der Waals surface area contributed by atoms with Gasteiger partial charge in [0.15, 0.2) is 0 Å². The predicted molar refractivity (Wildman–Crippen MR) is 204 cm³/mol. The topological polar surface area (TPSA) is 9.86 Å². The molecule has 0 amide bonds. The summed E-state index contributed by atoms with van der Waals surface area (Å²) in [5, 5.41) is 5.13. The van der Waals surface area contributed by atoms with Gasteiger partial charge in [-0.25, -0.2) is 0 Å². The molecule has 0 aliphatic heterocycles. The van der Waals surface area contributed by atoms with Gasteiger partial charge in [-0.2, -0.15) is 0 Å². The summed E-state index contributed by atoms with van der Waals surface area (Å²) in [6.45, 7) is 0. The van der Waals surface area contributed by atoms with Gasteiger partial charge in [0.2, 0.25) is 0 Å². The van der Waals surface area contributed by atoms with Crippen molar-refractivity contribution in [1.82, 2.24) is 9.13 Å². The van der Waals surface area contributed by atoms with E-state index in [4.69, 9.17) is 0 Å². The second kappa shape index (κ2) is 10.9. The highest BCUT2D eigenvalue weighted by Gasteiger charge is 2.19. The number of fused-ring (bicyclic) bond motifs is 7. The second-order valence-electron chi connectivity index (χ2n) is 13.2. The van der Waals surface area contributed by atoms with E-state index in [1.807, 2.05) is 0 Å². The average molecular weight is 615 g/mol. The minimum absolute atomic E-state index is 0.416. The zero-order valence-electron chi connectivity index (χ0n) is 26.7. The molecular formula is C46H34N2. The number of para-hydroxylation sites is 2. The number of benzene rings is 6. The van der Waals surface area contributed by atoms with Gasteiger partial charge < -0.3 is 9.13 Å². The molecule has 2 heterocycles. The van der Waals surface area contributed by atoms with Crippen LogP contribution < -0.4 is 0 Å². The van der Waals surface area contributed by atoms with Gasteiger partial charge in [0.05, 0.1) is 22.1 Å². The van der Waals surface area contributed by atoms with E-state index in [0.29, 0.717) is 5.92 Å². The van der Waals surface area contributed by atoms with Crippen molar-refractivity contribution >= 4 is 55.4 Å². The van der Waals surface area contributed by atoms with Gasteiger partial charge in [-0.05, 0) is 102 Å². The van der Waals surface area contributed by atoms with Crippen LogP contribution in [-0.4, -0.2) is 9.13 Å². The molecule has 228 valence electrons. The lowest BCUT2D eigenvalue weighted by atomic mass is 9.92. The zero-order chi connectivity index (χ0) is 31.6. The normalized spacial score (nSPS) is 15.8. The minimum Gasteiger partial charge on any atom is -0.310 e. The van der Waals surface area contributed by atoms with Crippen LogP contribution in [0.15, 0.2) is 158 Å². The van der Waals surface area contributed by atoms with Gasteiger partial charge in [-0.3, -0.25) is 0 Å². The number of aryl methyl sites for hydroxylation is 1. The Kier molecular flexibility index (Phi) is 6.17. The Morgan fingerprint density at radius 1 is 0.521 bits per heavy atom. The molecule has 2 aliphatic rings. The van der Waals surface area contributed by atoms with Crippen molar-refractivity contribution in [3.05, 3.63) is 174 Å². The minimum atomic E-state index is 0.416. The SMILES string of the molecule is C1=Cc2cc(-n3c4ccccc4c4cc(-c5ccc6c(c5)c5ccccc5n6C5=CCC(c6ccccc6)C=C5)ccc43)ccc2CC1. The molecule has 10 rings (SSSR count). The molecule has 2 heteroatoms. The molecule has 0 fully saturated rings. The van der Waals surface area contributed by atoms with Crippen LogP contribution in [-0.2, 0) is 6.42 Å². The van der Waals surface area contributed by atoms with Gasteiger partial charge in [-0.15, -0.1) is 0 Å². The summed E-state index contributed by atoms with van der Waals surface area (Å²) in [4.78, 5) is 0. The Bertz CT molecular complexity index is 2640. The smallest absolute Gasteiger partial charge is 0.0541 e. The van der Waals surface area contributed by atoms with Gasteiger partial charge >= 0.3 is 0 Å². The van der Waals surface area contributed by atoms with E-state index < -0.39 is 0 Å². The van der Waals surface area contributed by atoms with E-state index in [1.165, 1.54) is 82.8 Å². The van der Waals surface area contributed by atoms with E-state index in [9.17, 15) is 0 Å². The number of rotatable bonds is 4. The standard InChI is InChI=1S/C46H34N2/c1-2-10-31(11-3-1)33-18-23-37(24-19-33)47-43-16-8-6-14-39(43)41-29-35(21-26-45(41)47)36-22-27-46-42(30-36)40-15-7-9-17-44(40)48(46)38-25-20-32-12-4-5-13-34(32)28-38/h1-3,5-11,13-18,20-30,33H,4,12,19H2. The van der Waals surface area contributed by atoms with E-state index in [0.717, 1.165) is 19.3 Å². The van der Waals surface area contributed by atoms with Crippen molar-refractivity contribution in [2.24, 2.45) is 0 Å². The third kappa shape index (κ3) is 4.26. The summed E-state index contributed by atoms with van der Waals surface area (Å²) in [5.74, 6) is 0.416. The fraction of sp³-hybridized carbons (Fsp3) is 0.0870. The number of nitrogens with zero attached hydrogens (tertiary/aromatic N) is 2. The highest BCUT2D eigenvalue weighted by atomic mass is 15.0. The zero-order valence-corrected chi connectivity index (χ0v) is 26.7. The molecule has 2 aromatic heterocycles. The Morgan fingerprint density at radius 2 is 1.17 bits per heavy atom. The van der Waals surface area contributed by atoms with Crippen molar-refractivity contribution in [2.75, 3.05) is 0 Å². The Hall–Kier alpha value is -5.86. The van der Waals surface area contributed by atoms with Crippen LogP contribution in [0.3, 0.4) is 0 Å². The van der Waals surface area contributed by atoms with Crippen molar-refractivity contribution in [3.8, 4) is 16.8 Å². The Balaban J connectivity index is 1.09. The third-order valence-electron chi connectivity index (χ3n) is 10.5. The first kappa shape index (κ1) is 27.3. The van der Waals surface area contributed by atoms with Crippen LogP contribution in [0, 0.1) is 0 Å². The van der Waals surface area contributed by atoms with Crippen molar-refractivity contribution in [3.63, 3.8) is 0 Å². The average Bonchev–Trinajstić information content (AvgIpc) is 3.67. The highest BCUT2D eigenvalue weighted by Crippen LogP contribution is 2.39. The first-order valence-electron chi connectivity index (χ1n) is 17.1. The quantitative estimate of drug-likeness (QED) is 0.187. The second-order valence-corrected chi connectivity index (χ2v) is 13.2. The summed E-state index contributed by atoms with van der Waals surface area (Å²) in [6, 6.07) is 49.5. The Morgan fingerprint density at radius 3 is 1.88 bits per heavy atom. The van der Waals surface area contributed by atoms with Crippen molar-refractivity contribution < 1.29 is 0 Å². The monoisotopic (exact) mass is 614 g/mol. The van der Waals surface area contributed by atoms with Gasteiger partial charge in [0.25, 0.3) is 0 Å². The molecule has 0 bridgehead atoms. The molecule has 1 atom stereocenters. The molecule has 8 aromatic rings. The van der Waals surface area contributed by atoms with Crippen molar-refractivity contribution in [1.29, 1.82) is 0 Å². The molecule has 0 spiro atoms. The molecule has 2 nitrogen and oxygen atoms in total. The number of allylic oxidation sites excluding steroid dienone is 5. The number of aromatic nitrogens is 2. The van der Waals surface area contributed by atoms with Crippen LogP contribution in [0.25, 0.3) is 72.2 Å². The summed E-state index contributed by atoms with van der Waals surface area (Å²) < 4.78 is 4.87. The maximum atomic E-state index is 2.44. The van der Waals surface area contributed by atoms with Crippen LogP contribution >= 0.6 is 0 Å². The van der Waals surface area contributed by atoms with Crippen molar-refractivity contribution in [2.45, 2.75) is 25.2 Å². The number of hydrogen-bond donors (Lipinski definition) is 0. The Labute approximate surface area is 280 Å². The van der Waals surface area contributed by atoms with Crippen LogP contribution in [0.1, 0.15) is 35.4 Å².